The van der Waals surface area contributed by atoms with E-state index in [-0.39, 0.29) is 16.1 Å². The van der Waals surface area contributed by atoms with Crippen LogP contribution in [-0.2, 0) is 10.0 Å². The average molecular weight is 384 g/mol. The largest absolute Gasteiger partial charge is 0.337 e. The molecule has 0 bridgehead atoms. The van der Waals surface area contributed by atoms with Gasteiger partial charge < -0.3 is 5.32 Å². The van der Waals surface area contributed by atoms with Crippen LogP contribution < -0.4 is 10.0 Å². The molecule has 124 valence electrons. The molecule has 24 heavy (non-hydrogen) atoms. The molecule has 7 nitrogen and oxygen atoms in total. The lowest BCUT2D eigenvalue weighted by atomic mass is 10.1. The average Bonchev–Trinajstić information content (AvgIpc) is 2.52. The van der Waals surface area contributed by atoms with Gasteiger partial charge in [-0.15, -0.1) is 0 Å². The van der Waals surface area contributed by atoms with E-state index in [4.69, 9.17) is 23.2 Å². The summed E-state index contributed by atoms with van der Waals surface area (Å²) in [6.07, 6.45) is 4.05. The van der Waals surface area contributed by atoms with Crippen LogP contribution in [0, 0.1) is 0 Å². The highest BCUT2D eigenvalue weighted by molar-refractivity contribution is 7.92. The molecule has 0 amide bonds. The number of hydrogen-bond donors (Lipinski definition) is 2. The summed E-state index contributed by atoms with van der Waals surface area (Å²) in [5.41, 5.74) is 1.44. The van der Waals surface area contributed by atoms with Crippen molar-refractivity contribution in [1.29, 1.82) is 0 Å². The number of rotatable bonds is 4. The third-order valence-electron chi connectivity index (χ3n) is 3.04. The van der Waals surface area contributed by atoms with Crippen LogP contribution in [0.1, 0.15) is 0 Å². The lowest BCUT2D eigenvalue weighted by Crippen LogP contribution is -2.12. The molecule has 0 spiro atoms. The molecular formula is C14H11Cl2N5O2S. The lowest BCUT2D eigenvalue weighted by molar-refractivity contribution is 0.607. The van der Waals surface area contributed by atoms with Gasteiger partial charge in [0.05, 0.1) is 29.3 Å². The summed E-state index contributed by atoms with van der Waals surface area (Å²) < 4.78 is 26.0. The summed E-state index contributed by atoms with van der Waals surface area (Å²) in [7, 11) is -3.51. The maximum atomic E-state index is 11.7. The van der Waals surface area contributed by atoms with E-state index in [0.717, 1.165) is 6.26 Å². The van der Waals surface area contributed by atoms with Crippen molar-refractivity contribution in [2.24, 2.45) is 0 Å². The molecule has 10 heteroatoms. The van der Waals surface area contributed by atoms with Crippen molar-refractivity contribution in [3.05, 3.63) is 47.0 Å². The van der Waals surface area contributed by atoms with Crippen LogP contribution in [0.15, 0.2) is 36.7 Å². The Hall–Kier alpha value is -2.16. The SMILES string of the molecule is CS(=O)(=O)Nc1c(Nc2nc(Cl)ncc2Cl)ccc2ncccc12. The Morgan fingerprint density at radius 1 is 1.12 bits per heavy atom. The second-order valence-corrected chi connectivity index (χ2v) is 7.39. The molecule has 0 atom stereocenters. The fourth-order valence-corrected chi connectivity index (χ4v) is 2.98. The van der Waals surface area contributed by atoms with Crippen molar-refractivity contribution in [3.63, 3.8) is 0 Å². The molecule has 3 rings (SSSR count). The predicted octanol–water partition coefficient (Wildman–Crippen LogP) is 3.45. The van der Waals surface area contributed by atoms with Crippen molar-refractivity contribution in [1.82, 2.24) is 15.0 Å². The van der Waals surface area contributed by atoms with Crippen LogP contribution in [-0.4, -0.2) is 29.6 Å². The Morgan fingerprint density at radius 2 is 1.92 bits per heavy atom. The fourth-order valence-electron chi connectivity index (χ4n) is 2.11. The molecule has 0 aliphatic carbocycles. The summed E-state index contributed by atoms with van der Waals surface area (Å²) in [4.78, 5) is 12.0. The third-order valence-corrected chi connectivity index (χ3v) is 4.07. The second kappa shape index (κ2) is 6.39. The molecule has 1 aromatic carbocycles. The van der Waals surface area contributed by atoms with Crippen molar-refractivity contribution in [3.8, 4) is 0 Å². The van der Waals surface area contributed by atoms with E-state index in [1.807, 2.05) is 0 Å². The van der Waals surface area contributed by atoms with Gasteiger partial charge in [0.1, 0.15) is 5.02 Å². The first kappa shape index (κ1) is 16.7. The Bertz CT molecular complexity index is 1030. The quantitative estimate of drug-likeness (QED) is 0.669. The maximum absolute atomic E-state index is 11.7. The Kier molecular flexibility index (Phi) is 4.44. The summed E-state index contributed by atoms with van der Waals surface area (Å²) in [5.74, 6) is 0.261. The van der Waals surface area contributed by atoms with Gasteiger partial charge >= 0.3 is 0 Å². The summed E-state index contributed by atoms with van der Waals surface area (Å²) in [5, 5.41) is 3.87. The topological polar surface area (TPSA) is 96.9 Å². The highest BCUT2D eigenvalue weighted by Crippen LogP contribution is 2.34. The van der Waals surface area contributed by atoms with Crippen LogP contribution in [0.2, 0.25) is 10.3 Å². The zero-order valence-electron chi connectivity index (χ0n) is 12.3. The monoisotopic (exact) mass is 383 g/mol. The molecular weight excluding hydrogens is 373 g/mol. The second-order valence-electron chi connectivity index (χ2n) is 4.89. The van der Waals surface area contributed by atoms with Gasteiger partial charge in [0, 0.05) is 11.6 Å². The van der Waals surface area contributed by atoms with Crippen LogP contribution in [0.25, 0.3) is 10.9 Å². The van der Waals surface area contributed by atoms with Gasteiger partial charge in [-0.05, 0) is 35.9 Å². The van der Waals surface area contributed by atoms with E-state index in [1.54, 1.807) is 30.5 Å². The van der Waals surface area contributed by atoms with Crippen LogP contribution in [0.3, 0.4) is 0 Å². The van der Waals surface area contributed by atoms with Gasteiger partial charge in [0.15, 0.2) is 5.82 Å². The number of hydrogen-bond acceptors (Lipinski definition) is 6. The minimum Gasteiger partial charge on any atom is -0.337 e. The van der Waals surface area contributed by atoms with Gasteiger partial charge in [0.2, 0.25) is 15.3 Å². The molecule has 0 aliphatic rings. The maximum Gasteiger partial charge on any atom is 0.229 e. The van der Waals surface area contributed by atoms with E-state index in [1.165, 1.54) is 6.20 Å². The van der Waals surface area contributed by atoms with Crippen molar-refractivity contribution in [2.45, 2.75) is 0 Å². The molecule has 2 heterocycles. The molecule has 0 aliphatic heterocycles. The van der Waals surface area contributed by atoms with Crippen molar-refractivity contribution in [2.75, 3.05) is 16.3 Å². The van der Waals surface area contributed by atoms with Gasteiger partial charge in [-0.3, -0.25) is 9.71 Å². The van der Waals surface area contributed by atoms with E-state index >= 15 is 0 Å². The molecule has 0 radical (unpaired) electrons. The number of benzene rings is 1. The molecule has 2 N–H and O–H groups in total. The molecule has 2 aromatic heterocycles. The Labute approximate surface area is 148 Å². The van der Waals surface area contributed by atoms with Crippen LogP contribution in [0.4, 0.5) is 17.2 Å². The van der Waals surface area contributed by atoms with Gasteiger partial charge in [-0.1, -0.05) is 11.6 Å². The van der Waals surface area contributed by atoms with Gasteiger partial charge in [-0.2, -0.15) is 4.98 Å². The third kappa shape index (κ3) is 3.66. The predicted molar refractivity (Wildman–Crippen MR) is 95.5 cm³/mol. The minimum atomic E-state index is -3.51. The highest BCUT2D eigenvalue weighted by atomic mass is 35.5. The van der Waals surface area contributed by atoms with Crippen LogP contribution in [0.5, 0.6) is 0 Å². The van der Waals surface area contributed by atoms with E-state index < -0.39 is 10.0 Å². The van der Waals surface area contributed by atoms with Crippen molar-refractivity contribution < 1.29 is 8.42 Å². The molecule has 0 unspecified atom stereocenters. The molecule has 0 saturated heterocycles. The number of anilines is 3. The fraction of sp³-hybridized carbons (Fsp3) is 0.0714. The first-order valence-electron chi connectivity index (χ1n) is 6.64. The number of pyridine rings is 1. The normalized spacial score (nSPS) is 11.5. The van der Waals surface area contributed by atoms with Crippen LogP contribution >= 0.6 is 23.2 Å². The van der Waals surface area contributed by atoms with E-state index in [9.17, 15) is 8.42 Å². The van der Waals surface area contributed by atoms with E-state index in [0.29, 0.717) is 22.3 Å². The number of sulfonamides is 1. The number of nitrogens with zero attached hydrogens (tertiary/aromatic N) is 3. The Balaban J connectivity index is 2.16. The van der Waals surface area contributed by atoms with Gasteiger partial charge in [-0.25, -0.2) is 13.4 Å². The summed E-state index contributed by atoms with van der Waals surface area (Å²) in [6, 6.07) is 6.90. The summed E-state index contributed by atoms with van der Waals surface area (Å²) in [6.45, 7) is 0. The summed E-state index contributed by atoms with van der Waals surface area (Å²) >= 11 is 11.8. The number of halogens is 2. The first-order chi connectivity index (χ1) is 11.3. The van der Waals surface area contributed by atoms with Crippen molar-refractivity contribution >= 4 is 61.3 Å². The smallest absolute Gasteiger partial charge is 0.229 e. The van der Waals surface area contributed by atoms with Gasteiger partial charge in [0.25, 0.3) is 0 Å². The molecule has 0 saturated carbocycles. The number of aromatic nitrogens is 3. The first-order valence-corrected chi connectivity index (χ1v) is 9.29. The number of nitrogens with one attached hydrogen (secondary N) is 2. The minimum absolute atomic E-state index is 0.0157. The zero-order chi connectivity index (χ0) is 17.3. The number of fused-ring (bicyclic) bond motifs is 1. The Morgan fingerprint density at radius 3 is 2.67 bits per heavy atom. The van der Waals surface area contributed by atoms with E-state index in [2.05, 4.69) is 25.0 Å². The standard InChI is InChI=1S/C14H11Cl2N5O2S/c1-24(22,23)21-12-8-3-2-6-17-10(8)4-5-11(12)19-13-9(15)7-18-14(16)20-13/h2-7,21H,1H3,(H,18,19,20). The zero-order valence-corrected chi connectivity index (χ0v) is 14.6. The highest BCUT2D eigenvalue weighted by Gasteiger charge is 2.14. The lowest BCUT2D eigenvalue weighted by Gasteiger charge is -2.15. The molecule has 0 fully saturated rings. The molecule has 3 aromatic rings.